The van der Waals surface area contributed by atoms with Gasteiger partial charge in [-0.25, -0.2) is 8.42 Å². The van der Waals surface area contributed by atoms with E-state index < -0.39 is 10.0 Å². The van der Waals surface area contributed by atoms with Crippen LogP contribution in [0.5, 0.6) is 0 Å². The molecule has 0 aromatic heterocycles. The van der Waals surface area contributed by atoms with Crippen molar-refractivity contribution in [3.63, 3.8) is 0 Å². The Bertz CT molecular complexity index is 338. The van der Waals surface area contributed by atoms with Crippen LogP contribution in [0.2, 0.25) is 0 Å². The molecule has 4 nitrogen and oxygen atoms in total. The number of nitrogens with two attached hydrogens (primary N) is 1. The number of sulfonamides is 1. The molecule has 1 unspecified atom stereocenters. The summed E-state index contributed by atoms with van der Waals surface area (Å²) in [6, 6.07) is 0.0511. The van der Waals surface area contributed by atoms with Crippen LogP contribution in [-0.4, -0.2) is 37.6 Å². The maximum Gasteiger partial charge on any atom is 0.214 e. The van der Waals surface area contributed by atoms with E-state index >= 15 is 0 Å². The standard InChI is InChI=1S/C12H24N2O2S/c13-10-12-6-1-2-8-14(12)17(15,16)9-7-11-4-3-5-11/h11-12H,1-10,13H2. The summed E-state index contributed by atoms with van der Waals surface area (Å²) in [6.45, 7) is 1.14. The molecule has 0 amide bonds. The van der Waals surface area contributed by atoms with Crippen LogP contribution < -0.4 is 5.73 Å². The molecule has 0 aromatic carbocycles. The second kappa shape index (κ2) is 5.67. The monoisotopic (exact) mass is 260 g/mol. The molecule has 0 bridgehead atoms. The zero-order valence-corrected chi connectivity index (χ0v) is 11.3. The number of piperidine rings is 1. The summed E-state index contributed by atoms with van der Waals surface area (Å²) in [5.74, 6) is 0.986. The molecule has 1 heterocycles. The average Bonchev–Trinajstić information content (AvgIpc) is 2.26. The SMILES string of the molecule is NCC1CCCCN1S(=O)(=O)CCC1CCC1. The summed E-state index contributed by atoms with van der Waals surface area (Å²) in [4.78, 5) is 0. The minimum atomic E-state index is -3.06. The number of hydrogen-bond acceptors (Lipinski definition) is 3. The van der Waals surface area contributed by atoms with Gasteiger partial charge in [0.25, 0.3) is 0 Å². The Hall–Kier alpha value is -0.130. The first kappa shape index (κ1) is 13.3. The third-order valence-corrected chi connectivity index (χ3v) is 6.16. The first-order valence-electron chi connectivity index (χ1n) is 6.83. The van der Waals surface area contributed by atoms with Gasteiger partial charge >= 0.3 is 0 Å². The highest BCUT2D eigenvalue weighted by atomic mass is 32.2. The third-order valence-electron chi connectivity index (χ3n) is 4.21. The lowest BCUT2D eigenvalue weighted by molar-refractivity contribution is 0.254. The van der Waals surface area contributed by atoms with Crippen molar-refractivity contribution in [1.29, 1.82) is 0 Å². The van der Waals surface area contributed by atoms with E-state index in [2.05, 4.69) is 0 Å². The van der Waals surface area contributed by atoms with Crippen molar-refractivity contribution in [2.75, 3.05) is 18.8 Å². The quantitative estimate of drug-likeness (QED) is 0.811. The van der Waals surface area contributed by atoms with Gasteiger partial charge in [-0.05, 0) is 25.2 Å². The van der Waals surface area contributed by atoms with Crippen LogP contribution in [-0.2, 0) is 10.0 Å². The van der Waals surface area contributed by atoms with Gasteiger partial charge in [0.2, 0.25) is 10.0 Å². The summed E-state index contributed by atoms with van der Waals surface area (Å²) < 4.78 is 26.2. The average molecular weight is 260 g/mol. The van der Waals surface area contributed by atoms with E-state index in [0.717, 1.165) is 25.7 Å². The fourth-order valence-corrected chi connectivity index (χ4v) is 4.71. The van der Waals surface area contributed by atoms with Crippen LogP contribution in [0.4, 0.5) is 0 Å². The van der Waals surface area contributed by atoms with Crippen molar-refractivity contribution in [1.82, 2.24) is 4.31 Å². The molecule has 1 saturated heterocycles. The van der Waals surface area contributed by atoms with Crippen LogP contribution in [0, 0.1) is 5.92 Å². The van der Waals surface area contributed by atoms with Crippen LogP contribution >= 0.6 is 0 Å². The van der Waals surface area contributed by atoms with E-state index in [-0.39, 0.29) is 6.04 Å². The van der Waals surface area contributed by atoms with Crippen LogP contribution in [0.25, 0.3) is 0 Å². The highest BCUT2D eigenvalue weighted by Crippen LogP contribution is 2.30. The van der Waals surface area contributed by atoms with Gasteiger partial charge in [0, 0.05) is 19.1 Å². The molecule has 2 fully saturated rings. The molecule has 17 heavy (non-hydrogen) atoms. The lowest BCUT2D eigenvalue weighted by Crippen LogP contribution is -2.48. The maximum absolute atomic E-state index is 12.3. The fourth-order valence-electron chi connectivity index (χ4n) is 2.79. The summed E-state index contributed by atoms with van der Waals surface area (Å²) in [7, 11) is -3.06. The van der Waals surface area contributed by atoms with Crippen molar-refractivity contribution in [2.24, 2.45) is 11.7 Å². The molecule has 2 rings (SSSR count). The minimum absolute atomic E-state index is 0.0511. The summed E-state index contributed by atoms with van der Waals surface area (Å²) in [5, 5.41) is 0. The molecular formula is C12H24N2O2S. The molecule has 1 atom stereocenters. The number of rotatable bonds is 5. The smallest absolute Gasteiger partial charge is 0.214 e. The molecule has 100 valence electrons. The fraction of sp³-hybridized carbons (Fsp3) is 1.00. The van der Waals surface area contributed by atoms with Gasteiger partial charge in [0.1, 0.15) is 0 Å². The number of hydrogen-bond donors (Lipinski definition) is 1. The Balaban J connectivity index is 1.92. The normalized spacial score (nSPS) is 27.9. The van der Waals surface area contributed by atoms with Gasteiger partial charge in [-0.1, -0.05) is 25.7 Å². The van der Waals surface area contributed by atoms with E-state index in [4.69, 9.17) is 5.73 Å². The molecule has 2 aliphatic rings. The summed E-state index contributed by atoms with van der Waals surface area (Å²) in [5.41, 5.74) is 5.68. The molecule has 0 aromatic rings. The summed E-state index contributed by atoms with van der Waals surface area (Å²) in [6.07, 6.45) is 7.58. The second-order valence-corrected chi connectivity index (χ2v) is 7.44. The van der Waals surface area contributed by atoms with Gasteiger partial charge in [-0.3, -0.25) is 0 Å². The van der Waals surface area contributed by atoms with Gasteiger partial charge in [-0.2, -0.15) is 4.31 Å². The largest absolute Gasteiger partial charge is 0.329 e. The predicted molar refractivity (Wildman–Crippen MR) is 69.1 cm³/mol. The zero-order chi connectivity index (χ0) is 12.3. The van der Waals surface area contributed by atoms with E-state index in [0.29, 0.717) is 24.8 Å². The zero-order valence-electron chi connectivity index (χ0n) is 10.5. The van der Waals surface area contributed by atoms with Crippen molar-refractivity contribution in [3.05, 3.63) is 0 Å². The Morgan fingerprint density at radius 3 is 2.47 bits per heavy atom. The topological polar surface area (TPSA) is 63.4 Å². The first-order chi connectivity index (χ1) is 8.13. The summed E-state index contributed by atoms with van der Waals surface area (Å²) >= 11 is 0. The Morgan fingerprint density at radius 2 is 1.88 bits per heavy atom. The van der Waals surface area contributed by atoms with Crippen molar-refractivity contribution in [2.45, 2.75) is 51.0 Å². The van der Waals surface area contributed by atoms with E-state index in [9.17, 15) is 8.42 Å². The number of nitrogens with zero attached hydrogens (tertiary/aromatic N) is 1. The van der Waals surface area contributed by atoms with Gasteiger partial charge < -0.3 is 5.73 Å². The van der Waals surface area contributed by atoms with Crippen LogP contribution in [0.15, 0.2) is 0 Å². The Morgan fingerprint density at radius 1 is 1.12 bits per heavy atom. The second-order valence-electron chi connectivity index (χ2n) is 5.40. The highest BCUT2D eigenvalue weighted by molar-refractivity contribution is 7.89. The van der Waals surface area contributed by atoms with Gasteiger partial charge in [0.05, 0.1) is 5.75 Å². The molecule has 1 aliphatic carbocycles. The van der Waals surface area contributed by atoms with E-state index in [1.165, 1.54) is 19.3 Å². The molecule has 0 spiro atoms. The van der Waals surface area contributed by atoms with Crippen LogP contribution in [0.1, 0.15) is 44.9 Å². The van der Waals surface area contributed by atoms with Crippen molar-refractivity contribution < 1.29 is 8.42 Å². The van der Waals surface area contributed by atoms with Crippen LogP contribution in [0.3, 0.4) is 0 Å². The molecule has 0 radical (unpaired) electrons. The Labute approximate surface area is 105 Å². The van der Waals surface area contributed by atoms with Crippen molar-refractivity contribution >= 4 is 10.0 Å². The van der Waals surface area contributed by atoms with Gasteiger partial charge in [0.15, 0.2) is 0 Å². The lowest BCUT2D eigenvalue weighted by Gasteiger charge is -2.34. The lowest BCUT2D eigenvalue weighted by atomic mass is 9.84. The van der Waals surface area contributed by atoms with E-state index in [1.807, 2.05) is 0 Å². The predicted octanol–water partition coefficient (Wildman–Crippen LogP) is 1.32. The molecule has 5 heteroatoms. The molecular weight excluding hydrogens is 236 g/mol. The molecule has 2 N–H and O–H groups in total. The van der Waals surface area contributed by atoms with Crippen molar-refractivity contribution in [3.8, 4) is 0 Å². The van der Waals surface area contributed by atoms with E-state index in [1.54, 1.807) is 4.31 Å². The van der Waals surface area contributed by atoms with Gasteiger partial charge in [-0.15, -0.1) is 0 Å². The maximum atomic E-state index is 12.3. The third kappa shape index (κ3) is 3.20. The Kier molecular flexibility index (Phi) is 4.44. The highest BCUT2D eigenvalue weighted by Gasteiger charge is 2.32. The molecule has 1 aliphatic heterocycles. The molecule has 1 saturated carbocycles. The first-order valence-corrected chi connectivity index (χ1v) is 8.44. The minimum Gasteiger partial charge on any atom is -0.329 e.